The van der Waals surface area contributed by atoms with Crippen molar-refractivity contribution in [3.63, 3.8) is 0 Å². The molecule has 9 heteroatoms. The molecule has 0 radical (unpaired) electrons. The molecule has 1 N–H and O–H groups in total. The van der Waals surface area contributed by atoms with E-state index < -0.39 is 6.04 Å². The van der Waals surface area contributed by atoms with Crippen LogP contribution in [0.25, 0.3) is 11.0 Å². The van der Waals surface area contributed by atoms with Gasteiger partial charge in [0.1, 0.15) is 23.9 Å². The molecule has 9 nitrogen and oxygen atoms in total. The van der Waals surface area contributed by atoms with Gasteiger partial charge in [-0.05, 0) is 67.4 Å². The predicted octanol–water partition coefficient (Wildman–Crippen LogP) is 4.13. The van der Waals surface area contributed by atoms with E-state index in [-0.39, 0.29) is 24.9 Å². The van der Waals surface area contributed by atoms with E-state index in [1.165, 1.54) is 4.90 Å². The van der Waals surface area contributed by atoms with E-state index in [1.807, 2.05) is 56.3 Å². The Hall–Kier alpha value is -4.79. The number of benzene rings is 2. The first-order chi connectivity index (χ1) is 18.0. The summed E-state index contributed by atoms with van der Waals surface area (Å²) in [4.78, 5) is 33.5. The van der Waals surface area contributed by atoms with Gasteiger partial charge in [-0.25, -0.2) is 4.68 Å². The Morgan fingerprint density at radius 2 is 1.84 bits per heavy atom. The van der Waals surface area contributed by atoms with Crippen molar-refractivity contribution in [3.05, 3.63) is 108 Å². The number of anilines is 1. The summed E-state index contributed by atoms with van der Waals surface area (Å²) in [5.74, 6) is -0.0698. The molecule has 1 atom stereocenters. The van der Waals surface area contributed by atoms with Crippen molar-refractivity contribution >= 4 is 28.5 Å². The van der Waals surface area contributed by atoms with E-state index in [4.69, 9.17) is 4.42 Å². The number of carbonyl (C=O) groups is 2. The smallest absolute Gasteiger partial charge is 0.249 e. The molecule has 2 amide bonds. The number of nitrogens with one attached hydrogen (secondary N) is 1. The van der Waals surface area contributed by atoms with Gasteiger partial charge in [-0.15, -0.1) is 5.10 Å². The molecule has 3 heterocycles. The summed E-state index contributed by atoms with van der Waals surface area (Å²) in [6.45, 7) is 4.00. The lowest BCUT2D eigenvalue weighted by atomic mass is 10.0. The highest BCUT2D eigenvalue weighted by atomic mass is 16.3. The SMILES string of the molecule is Cc1cc(C)cc(N(C(=O)Cn2nnc3ccccc32)[C@@H](C(=O)NCc2ccco2)c2cccnc2)c1. The van der Waals surface area contributed by atoms with Gasteiger partial charge in [0.15, 0.2) is 0 Å². The van der Waals surface area contributed by atoms with Gasteiger partial charge in [-0.1, -0.05) is 29.5 Å². The molecular weight excluding hydrogens is 468 g/mol. The van der Waals surface area contributed by atoms with Gasteiger partial charge in [-0.3, -0.25) is 19.5 Å². The molecule has 2 aromatic carbocycles. The number of amides is 2. The number of pyridine rings is 1. The van der Waals surface area contributed by atoms with Crippen molar-refractivity contribution in [1.82, 2.24) is 25.3 Å². The quantitative estimate of drug-likeness (QED) is 0.348. The van der Waals surface area contributed by atoms with E-state index in [2.05, 4.69) is 20.6 Å². The maximum absolute atomic E-state index is 14.0. The Morgan fingerprint density at radius 3 is 2.57 bits per heavy atom. The number of hydrogen-bond donors (Lipinski definition) is 1. The first-order valence-corrected chi connectivity index (χ1v) is 11.9. The third-order valence-corrected chi connectivity index (χ3v) is 5.98. The summed E-state index contributed by atoms with van der Waals surface area (Å²) < 4.78 is 6.93. The highest BCUT2D eigenvalue weighted by molar-refractivity contribution is 6.01. The normalized spacial score (nSPS) is 11.8. The minimum atomic E-state index is -0.979. The average molecular weight is 495 g/mol. The van der Waals surface area contributed by atoms with Gasteiger partial charge in [0.25, 0.3) is 0 Å². The Kier molecular flexibility index (Phi) is 6.76. The van der Waals surface area contributed by atoms with E-state index in [0.717, 1.165) is 16.6 Å². The number of aromatic nitrogens is 4. The molecule has 5 aromatic rings. The Labute approximate surface area is 213 Å². The summed E-state index contributed by atoms with van der Waals surface area (Å²) in [6, 6.07) is 19.3. The number of furan rings is 1. The fourth-order valence-corrected chi connectivity index (χ4v) is 4.40. The molecule has 5 rings (SSSR count). The monoisotopic (exact) mass is 494 g/mol. The fourth-order valence-electron chi connectivity index (χ4n) is 4.40. The number of aryl methyl sites for hydroxylation is 2. The van der Waals surface area contributed by atoms with Crippen LogP contribution in [0, 0.1) is 13.8 Å². The summed E-state index contributed by atoms with van der Waals surface area (Å²) in [7, 11) is 0. The lowest BCUT2D eigenvalue weighted by Crippen LogP contribution is -2.45. The van der Waals surface area contributed by atoms with Crippen molar-refractivity contribution in [2.45, 2.75) is 33.0 Å². The number of nitrogens with zero attached hydrogens (tertiary/aromatic N) is 5. The van der Waals surface area contributed by atoms with Crippen LogP contribution in [0.15, 0.2) is 89.8 Å². The van der Waals surface area contributed by atoms with Crippen molar-refractivity contribution in [2.75, 3.05) is 4.90 Å². The fraction of sp³-hybridized carbons (Fsp3) is 0.179. The number of carbonyl (C=O) groups excluding carboxylic acids is 2. The highest BCUT2D eigenvalue weighted by Crippen LogP contribution is 2.30. The molecule has 0 aliphatic rings. The Morgan fingerprint density at radius 1 is 1.03 bits per heavy atom. The van der Waals surface area contributed by atoms with Crippen molar-refractivity contribution < 1.29 is 14.0 Å². The van der Waals surface area contributed by atoms with Crippen LogP contribution in [-0.4, -0.2) is 31.8 Å². The summed E-state index contributed by atoms with van der Waals surface area (Å²) in [5, 5.41) is 11.3. The van der Waals surface area contributed by atoms with Crippen molar-refractivity contribution in [3.8, 4) is 0 Å². The van der Waals surface area contributed by atoms with Crippen LogP contribution in [0.4, 0.5) is 5.69 Å². The van der Waals surface area contributed by atoms with Crippen LogP contribution in [0.2, 0.25) is 0 Å². The highest BCUT2D eigenvalue weighted by Gasteiger charge is 2.33. The number of hydrogen-bond acceptors (Lipinski definition) is 6. The first kappa shape index (κ1) is 23.9. The molecule has 37 heavy (non-hydrogen) atoms. The first-order valence-electron chi connectivity index (χ1n) is 11.9. The lowest BCUT2D eigenvalue weighted by Gasteiger charge is -2.31. The van der Waals surface area contributed by atoms with Crippen LogP contribution in [0.5, 0.6) is 0 Å². The van der Waals surface area contributed by atoms with E-state index in [9.17, 15) is 9.59 Å². The van der Waals surface area contributed by atoms with Crippen molar-refractivity contribution in [2.24, 2.45) is 0 Å². The second-order valence-electron chi connectivity index (χ2n) is 8.83. The lowest BCUT2D eigenvalue weighted by molar-refractivity contribution is -0.127. The summed E-state index contributed by atoms with van der Waals surface area (Å²) in [5.41, 5.74) is 4.55. The van der Waals surface area contributed by atoms with Gasteiger partial charge in [0.05, 0.1) is 18.3 Å². The Balaban J connectivity index is 1.57. The molecular formula is C28H26N6O3. The predicted molar refractivity (Wildman–Crippen MR) is 138 cm³/mol. The maximum Gasteiger partial charge on any atom is 0.249 e. The van der Waals surface area contributed by atoms with E-state index >= 15 is 0 Å². The van der Waals surface area contributed by atoms with Gasteiger partial charge in [-0.2, -0.15) is 0 Å². The molecule has 0 saturated carbocycles. The van der Waals surface area contributed by atoms with E-state index in [0.29, 0.717) is 22.5 Å². The minimum absolute atomic E-state index is 0.101. The van der Waals surface area contributed by atoms with E-state index in [1.54, 1.807) is 47.6 Å². The van der Waals surface area contributed by atoms with Crippen LogP contribution in [-0.2, 0) is 22.7 Å². The van der Waals surface area contributed by atoms with Gasteiger partial charge in [0.2, 0.25) is 11.8 Å². The van der Waals surface area contributed by atoms with Gasteiger partial charge >= 0.3 is 0 Å². The molecule has 0 bridgehead atoms. The van der Waals surface area contributed by atoms with Gasteiger partial charge in [0, 0.05) is 23.6 Å². The molecule has 0 spiro atoms. The molecule has 0 unspecified atom stereocenters. The molecule has 0 fully saturated rings. The van der Waals surface area contributed by atoms with Crippen LogP contribution < -0.4 is 10.2 Å². The molecule has 186 valence electrons. The second kappa shape index (κ2) is 10.4. The third kappa shape index (κ3) is 5.25. The third-order valence-electron chi connectivity index (χ3n) is 5.98. The maximum atomic E-state index is 14.0. The number of para-hydroxylation sites is 1. The van der Waals surface area contributed by atoms with Crippen LogP contribution in [0.1, 0.15) is 28.5 Å². The second-order valence-corrected chi connectivity index (χ2v) is 8.83. The zero-order chi connectivity index (χ0) is 25.8. The topological polar surface area (TPSA) is 106 Å². The zero-order valence-corrected chi connectivity index (χ0v) is 20.5. The Bertz CT molecular complexity index is 1510. The number of fused-ring (bicyclic) bond motifs is 1. The van der Waals surface area contributed by atoms with Crippen molar-refractivity contribution in [1.29, 1.82) is 0 Å². The van der Waals surface area contributed by atoms with Crippen LogP contribution in [0.3, 0.4) is 0 Å². The summed E-state index contributed by atoms with van der Waals surface area (Å²) >= 11 is 0. The number of rotatable bonds is 8. The molecule has 0 aliphatic heterocycles. The molecule has 0 aliphatic carbocycles. The van der Waals surface area contributed by atoms with Gasteiger partial charge < -0.3 is 9.73 Å². The molecule has 3 aromatic heterocycles. The molecule has 0 saturated heterocycles. The zero-order valence-electron chi connectivity index (χ0n) is 20.5. The standard InChI is InChI=1S/C28H26N6O3/c1-19-13-20(2)15-22(14-19)34(26(35)18-33-25-10-4-3-9-24(25)31-32-33)27(21-7-5-11-29-16-21)28(36)30-17-23-8-6-12-37-23/h3-16,27H,17-18H2,1-2H3,(H,30,36)/t27-/m1/s1. The summed E-state index contributed by atoms with van der Waals surface area (Å²) in [6.07, 6.45) is 4.78. The minimum Gasteiger partial charge on any atom is -0.467 e. The average Bonchev–Trinajstić information content (AvgIpc) is 3.56. The largest absolute Gasteiger partial charge is 0.467 e. The van der Waals surface area contributed by atoms with Crippen LogP contribution >= 0.6 is 0 Å².